The van der Waals surface area contributed by atoms with Crippen LogP contribution in [0.5, 0.6) is 0 Å². The molecule has 1 aliphatic rings. The van der Waals surface area contributed by atoms with E-state index in [1.807, 2.05) is 4.90 Å². The second kappa shape index (κ2) is 6.04. The molecule has 1 atom stereocenters. The topological polar surface area (TPSA) is 32.3 Å². The lowest BCUT2D eigenvalue weighted by Gasteiger charge is -2.32. The number of carbonyl (C=O) groups excluding carboxylic acids is 1. The molecule has 0 radical (unpaired) electrons. The van der Waals surface area contributed by atoms with Crippen LogP contribution in [0.1, 0.15) is 36.5 Å². The minimum Gasteiger partial charge on any atom is -0.385 e. The van der Waals surface area contributed by atoms with Gasteiger partial charge >= 0.3 is 0 Å². The molecule has 0 spiro atoms. The summed E-state index contributed by atoms with van der Waals surface area (Å²) in [6.45, 7) is 3.71. The first-order chi connectivity index (χ1) is 9.17. The van der Waals surface area contributed by atoms with Crippen molar-refractivity contribution in [2.45, 2.75) is 26.2 Å². The zero-order valence-electron chi connectivity index (χ0n) is 11.6. The fourth-order valence-corrected chi connectivity index (χ4v) is 2.71. The van der Waals surface area contributed by atoms with Crippen molar-refractivity contribution < 1.29 is 9.18 Å². The summed E-state index contributed by atoms with van der Waals surface area (Å²) >= 11 is 0. The Morgan fingerprint density at radius 1 is 1.53 bits per heavy atom. The molecule has 1 unspecified atom stereocenters. The minimum absolute atomic E-state index is 0.0676. The van der Waals surface area contributed by atoms with Gasteiger partial charge in [0.1, 0.15) is 5.82 Å². The first-order valence-corrected chi connectivity index (χ1v) is 6.93. The predicted molar refractivity (Wildman–Crippen MR) is 74.9 cm³/mol. The normalized spacial score (nSPS) is 19.3. The van der Waals surface area contributed by atoms with E-state index in [0.717, 1.165) is 25.9 Å². The molecular weight excluding hydrogens is 243 g/mol. The molecule has 19 heavy (non-hydrogen) atoms. The largest absolute Gasteiger partial charge is 0.385 e. The SMILES string of the molecule is CCC1CCCN(C(=O)c2cccc(F)c2NC)C1. The summed E-state index contributed by atoms with van der Waals surface area (Å²) in [5.74, 6) is 0.128. The van der Waals surface area contributed by atoms with Crippen LogP contribution >= 0.6 is 0 Å². The first kappa shape index (κ1) is 13.8. The molecule has 1 saturated heterocycles. The Morgan fingerprint density at radius 2 is 2.32 bits per heavy atom. The second-order valence-corrected chi connectivity index (χ2v) is 5.08. The van der Waals surface area contributed by atoms with Gasteiger partial charge < -0.3 is 10.2 Å². The third-order valence-corrected chi connectivity index (χ3v) is 3.88. The maximum Gasteiger partial charge on any atom is 0.256 e. The first-order valence-electron chi connectivity index (χ1n) is 6.93. The van der Waals surface area contributed by atoms with Gasteiger partial charge in [-0.15, -0.1) is 0 Å². The molecule has 1 N–H and O–H groups in total. The van der Waals surface area contributed by atoms with Gasteiger partial charge in [0, 0.05) is 20.1 Å². The number of amides is 1. The number of piperidine rings is 1. The minimum atomic E-state index is -0.377. The highest BCUT2D eigenvalue weighted by atomic mass is 19.1. The fourth-order valence-electron chi connectivity index (χ4n) is 2.71. The van der Waals surface area contributed by atoms with Gasteiger partial charge in [0.25, 0.3) is 5.91 Å². The zero-order chi connectivity index (χ0) is 13.8. The lowest BCUT2D eigenvalue weighted by molar-refractivity contribution is 0.0672. The highest BCUT2D eigenvalue weighted by Gasteiger charge is 2.25. The number of likely N-dealkylation sites (tertiary alicyclic amines) is 1. The van der Waals surface area contributed by atoms with Gasteiger partial charge in [0.2, 0.25) is 0 Å². The van der Waals surface area contributed by atoms with Gasteiger partial charge in [0.15, 0.2) is 0 Å². The fraction of sp³-hybridized carbons (Fsp3) is 0.533. The number of nitrogens with zero attached hydrogens (tertiary/aromatic N) is 1. The number of nitrogens with one attached hydrogen (secondary N) is 1. The van der Waals surface area contributed by atoms with E-state index in [0.29, 0.717) is 17.2 Å². The Hall–Kier alpha value is -1.58. The molecule has 0 aliphatic carbocycles. The zero-order valence-corrected chi connectivity index (χ0v) is 11.6. The Balaban J connectivity index is 2.22. The summed E-state index contributed by atoms with van der Waals surface area (Å²) in [6.07, 6.45) is 3.31. The van der Waals surface area contributed by atoms with Crippen molar-refractivity contribution in [3.05, 3.63) is 29.6 Å². The average molecular weight is 264 g/mol. The van der Waals surface area contributed by atoms with Gasteiger partial charge in [-0.1, -0.05) is 19.4 Å². The Morgan fingerprint density at radius 3 is 3.00 bits per heavy atom. The van der Waals surface area contributed by atoms with Crippen molar-refractivity contribution in [1.82, 2.24) is 4.90 Å². The van der Waals surface area contributed by atoms with E-state index in [-0.39, 0.29) is 11.7 Å². The van der Waals surface area contributed by atoms with Crippen LogP contribution < -0.4 is 5.32 Å². The van der Waals surface area contributed by atoms with E-state index in [2.05, 4.69) is 12.2 Å². The molecule has 3 nitrogen and oxygen atoms in total. The van der Waals surface area contributed by atoms with Crippen molar-refractivity contribution in [2.24, 2.45) is 5.92 Å². The summed E-state index contributed by atoms with van der Waals surface area (Å²) < 4.78 is 13.7. The van der Waals surface area contributed by atoms with Crippen molar-refractivity contribution in [2.75, 3.05) is 25.5 Å². The van der Waals surface area contributed by atoms with E-state index >= 15 is 0 Å². The van der Waals surface area contributed by atoms with E-state index < -0.39 is 0 Å². The number of hydrogen-bond donors (Lipinski definition) is 1. The number of anilines is 1. The summed E-state index contributed by atoms with van der Waals surface area (Å²) in [5.41, 5.74) is 0.727. The van der Waals surface area contributed by atoms with E-state index in [1.54, 1.807) is 19.2 Å². The van der Waals surface area contributed by atoms with Gasteiger partial charge in [-0.3, -0.25) is 4.79 Å². The Kier molecular flexibility index (Phi) is 4.40. The van der Waals surface area contributed by atoms with Gasteiger partial charge in [-0.25, -0.2) is 4.39 Å². The second-order valence-electron chi connectivity index (χ2n) is 5.08. The summed E-state index contributed by atoms with van der Waals surface area (Å²) in [4.78, 5) is 14.4. The van der Waals surface area contributed by atoms with Crippen molar-refractivity contribution in [3.63, 3.8) is 0 Å². The maximum atomic E-state index is 13.7. The molecule has 2 rings (SSSR count). The number of hydrogen-bond acceptors (Lipinski definition) is 2. The molecule has 1 aromatic carbocycles. The lowest BCUT2D eigenvalue weighted by Crippen LogP contribution is -2.40. The highest BCUT2D eigenvalue weighted by molar-refractivity contribution is 5.99. The smallest absolute Gasteiger partial charge is 0.256 e. The van der Waals surface area contributed by atoms with Crippen LogP contribution in [-0.2, 0) is 0 Å². The van der Waals surface area contributed by atoms with Crippen LogP contribution in [0.4, 0.5) is 10.1 Å². The molecule has 0 aromatic heterocycles. The quantitative estimate of drug-likeness (QED) is 0.909. The summed E-state index contributed by atoms with van der Waals surface area (Å²) in [6, 6.07) is 4.64. The molecule has 1 aliphatic heterocycles. The molecule has 4 heteroatoms. The predicted octanol–water partition coefficient (Wildman–Crippen LogP) is 3.13. The van der Waals surface area contributed by atoms with Crippen LogP contribution in [0.15, 0.2) is 18.2 Å². The van der Waals surface area contributed by atoms with Crippen LogP contribution in [0.25, 0.3) is 0 Å². The Labute approximate surface area is 113 Å². The van der Waals surface area contributed by atoms with Crippen LogP contribution in [0, 0.1) is 11.7 Å². The molecule has 1 aromatic rings. The third kappa shape index (κ3) is 2.88. The van der Waals surface area contributed by atoms with Crippen molar-refractivity contribution in [3.8, 4) is 0 Å². The van der Waals surface area contributed by atoms with E-state index in [9.17, 15) is 9.18 Å². The van der Waals surface area contributed by atoms with Gasteiger partial charge in [0.05, 0.1) is 11.3 Å². The van der Waals surface area contributed by atoms with Crippen molar-refractivity contribution in [1.29, 1.82) is 0 Å². The molecule has 1 fully saturated rings. The van der Waals surface area contributed by atoms with Crippen LogP contribution in [0.3, 0.4) is 0 Å². The highest BCUT2D eigenvalue weighted by Crippen LogP contribution is 2.25. The summed E-state index contributed by atoms with van der Waals surface area (Å²) in [5, 5.41) is 2.79. The number of rotatable bonds is 3. The molecule has 1 heterocycles. The maximum absolute atomic E-state index is 13.7. The monoisotopic (exact) mass is 264 g/mol. The number of halogens is 1. The summed E-state index contributed by atoms with van der Waals surface area (Å²) in [7, 11) is 1.64. The standard InChI is InChI=1S/C15H21FN2O/c1-3-11-6-5-9-18(10-11)15(19)12-7-4-8-13(16)14(12)17-2/h4,7-8,11,17H,3,5-6,9-10H2,1-2H3. The lowest BCUT2D eigenvalue weighted by atomic mass is 9.95. The number of para-hydroxylation sites is 1. The Bertz CT molecular complexity index is 461. The molecule has 0 saturated carbocycles. The number of benzene rings is 1. The van der Waals surface area contributed by atoms with Crippen LogP contribution in [-0.4, -0.2) is 30.9 Å². The molecule has 104 valence electrons. The molecule has 0 bridgehead atoms. The van der Waals surface area contributed by atoms with Gasteiger partial charge in [-0.05, 0) is 30.9 Å². The molecular formula is C15H21FN2O. The van der Waals surface area contributed by atoms with Crippen LogP contribution in [0.2, 0.25) is 0 Å². The average Bonchev–Trinajstić information content (AvgIpc) is 2.46. The molecule has 1 amide bonds. The van der Waals surface area contributed by atoms with Crippen molar-refractivity contribution >= 4 is 11.6 Å². The third-order valence-electron chi connectivity index (χ3n) is 3.88. The van der Waals surface area contributed by atoms with E-state index in [1.165, 1.54) is 12.5 Å². The number of carbonyl (C=O) groups is 1. The van der Waals surface area contributed by atoms with Gasteiger partial charge in [-0.2, -0.15) is 0 Å². The van der Waals surface area contributed by atoms with E-state index in [4.69, 9.17) is 0 Å².